The Morgan fingerprint density at radius 3 is 2.80 bits per heavy atom. The molecular weight excluding hydrogens is 176 g/mol. The minimum atomic E-state index is -0.479. The molecule has 1 rings (SSSR count). The van der Waals surface area contributed by atoms with E-state index in [1.807, 2.05) is 0 Å². The van der Waals surface area contributed by atoms with Gasteiger partial charge in [-0.05, 0) is 6.07 Å². The number of hydrogen-bond acceptors (Lipinski definition) is 1. The van der Waals surface area contributed by atoms with E-state index in [1.54, 1.807) is 0 Å². The molecule has 0 amide bonds. The van der Waals surface area contributed by atoms with Gasteiger partial charge in [0.25, 0.3) is 0 Å². The maximum atomic E-state index is 12.5. The number of rotatable bonds is 1. The minimum Gasteiger partial charge on any atom is -0.258 e. The van der Waals surface area contributed by atoms with Crippen molar-refractivity contribution in [2.45, 2.75) is 5.88 Å². The van der Waals surface area contributed by atoms with Crippen molar-refractivity contribution in [2.75, 3.05) is 0 Å². The van der Waals surface area contributed by atoms with Crippen LogP contribution in [0, 0.1) is 5.82 Å². The highest BCUT2D eigenvalue weighted by Crippen LogP contribution is 2.18. The molecule has 0 aliphatic heterocycles. The van der Waals surface area contributed by atoms with Crippen LogP contribution in [0.5, 0.6) is 0 Å². The van der Waals surface area contributed by atoms with Crippen LogP contribution in [0.1, 0.15) is 5.69 Å². The van der Waals surface area contributed by atoms with Crippen LogP contribution in [0.4, 0.5) is 4.39 Å². The van der Waals surface area contributed by atoms with E-state index in [0.717, 1.165) is 0 Å². The van der Waals surface area contributed by atoms with E-state index in [-0.39, 0.29) is 10.9 Å². The summed E-state index contributed by atoms with van der Waals surface area (Å²) in [6.07, 6.45) is 1.33. The first-order valence-electron chi connectivity index (χ1n) is 2.60. The number of nitrogens with zero attached hydrogens (tertiary/aromatic N) is 1. The topological polar surface area (TPSA) is 12.9 Å². The molecule has 0 fully saturated rings. The molecule has 0 N–H and O–H groups in total. The summed E-state index contributed by atoms with van der Waals surface area (Å²) in [6.45, 7) is 0. The minimum absolute atomic E-state index is 0.0116. The first-order chi connectivity index (χ1) is 4.75. The Kier molecular flexibility index (Phi) is 2.46. The summed E-state index contributed by atoms with van der Waals surface area (Å²) >= 11 is 10.9. The summed E-state index contributed by atoms with van der Waals surface area (Å²) in [4.78, 5) is 3.75. The zero-order valence-corrected chi connectivity index (χ0v) is 6.45. The van der Waals surface area contributed by atoms with Crippen LogP contribution < -0.4 is 0 Å². The Bertz CT molecular complexity index is 239. The fraction of sp³-hybridized carbons (Fsp3) is 0.167. The first kappa shape index (κ1) is 7.76. The molecule has 1 nitrogen and oxygen atoms in total. The zero-order chi connectivity index (χ0) is 7.56. The highest BCUT2D eigenvalue weighted by Gasteiger charge is 2.04. The molecule has 0 radical (unpaired) electrons. The summed E-state index contributed by atoms with van der Waals surface area (Å²) in [5, 5.41) is 0.0116. The molecule has 0 atom stereocenters. The third-order valence-corrected chi connectivity index (χ3v) is 1.69. The monoisotopic (exact) mass is 179 g/mol. The maximum Gasteiger partial charge on any atom is 0.145 e. The Morgan fingerprint density at radius 1 is 1.60 bits per heavy atom. The molecule has 1 aromatic rings. The molecule has 0 spiro atoms. The van der Waals surface area contributed by atoms with E-state index >= 15 is 0 Å². The molecular formula is C6H4Cl2FN. The lowest BCUT2D eigenvalue weighted by Gasteiger charge is -1.97. The molecule has 0 saturated heterocycles. The summed E-state index contributed by atoms with van der Waals surface area (Å²) in [5.74, 6) is -0.344. The van der Waals surface area contributed by atoms with Gasteiger partial charge in [-0.2, -0.15) is 0 Å². The zero-order valence-electron chi connectivity index (χ0n) is 4.94. The van der Waals surface area contributed by atoms with Gasteiger partial charge in [0.15, 0.2) is 0 Å². The molecule has 0 unspecified atom stereocenters. The van der Waals surface area contributed by atoms with Gasteiger partial charge in [-0.25, -0.2) is 4.39 Å². The van der Waals surface area contributed by atoms with Gasteiger partial charge in [-0.15, -0.1) is 11.6 Å². The fourth-order valence-electron chi connectivity index (χ4n) is 0.554. The lowest BCUT2D eigenvalue weighted by atomic mass is 10.4. The number of aromatic nitrogens is 1. The molecule has 0 bridgehead atoms. The Morgan fingerprint density at radius 2 is 2.30 bits per heavy atom. The number of pyridine rings is 1. The van der Waals surface area contributed by atoms with Crippen molar-refractivity contribution in [3.8, 4) is 0 Å². The van der Waals surface area contributed by atoms with Crippen LogP contribution in [0.25, 0.3) is 0 Å². The van der Waals surface area contributed by atoms with E-state index in [1.165, 1.54) is 12.3 Å². The Balaban J connectivity index is 3.14. The fourth-order valence-corrected chi connectivity index (χ4v) is 1.00. The van der Waals surface area contributed by atoms with Gasteiger partial charge in [0, 0.05) is 6.20 Å². The molecule has 0 saturated carbocycles. The average molecular weight is 180 g/mol. The summed E-state index contributed by atoms with van der Waals surface area (Å²) < 4.78 is 12.5. The third-order valence-electron chi connectivity index (χ3n) is 1.04. The second-order valence-corrected chi connectivity index (χ2v) is 2.33. The molecule has 54 valence electrons. The van der Waals surface area contributed by atoms with Crippen molar-refractivity contribution >= 4 is 23.2 Å². The van der Waals surface area contributed by atoms with Gasteiger partial charge < -0.3 is 0 Å². The van der Waals surface area contributed by atoms with Crippen LogP contribution >= 0.6 is 23.2 Å². The van der Waals surface area contributed by atoms with Crippen LogP contribution in [-0.4, -0.2) is 4.98 Å². The van der Waals surface area contributed by atoms with Gasteiger partial charge in [-0.3, -0.25) is 4.98 Å². The van der Waals surface area contributed by atoms with Gasteiger partial charge >= 0.3 is 0 Å². The van der Waals surface area contributed by atoms with Gasteiger partial charge in [0.1, 0.15) is 5.82 Å². The predicted octanol–water partition coefficient (Wildman–Crippen LogP) is 2.61. The SMILES string of the molecule is Fc1ccnc(CCl)c1Cl. The highest BCUT2D eigenvalue weighted by molar-refractivity contribution is 6.32. The molecule has 0 aliphatic rings. The van der Waals surface area contributed by atoms with Crippen molar-refractivity contribution in [3.63, 3.8) is 0 Å². The summed E-state index contributed by atoms with van der Waals surface area (Å²) in [6, 6.07) is 1.19. The lowest BCUT2D eigenvalue weighted by Crippen LogP contribution is -1.88. The molecule has 0 aliphatic carbocycles. The standard InChI is InChI=1S/C6H4Cl2FN/c7-3-5-6(8)4(9)1-2-10-5/h1-2H,3H2. The van der Waals surface area contributed by atoms with Crippen LogP contribution in [-0.2, 0) is 5.88 Å². The van der Waals surface area contributed by atoms with Gasteiger partial charge in [-0.1, -0.05) is 11.6 Å². The quantitative estimate of drug-likeness (QED) is 0.605. The van der Waals surface area contributed by atoms with Crippen molar-refractivity contribution in [1.29, 1.82) is 0 Å². The molecule has 4 heteroatoms. The predicted molar refractivity (Wildman–Crippen MR) is 38.8 cm³/mol. The van der Waals surface area contributed by atoms with E-state index in [0.29, 0.717) is 5.69 Å². The molecule has 0 aromatic carbocycles. The number of halogens is 3. The van der Waals surface area contributed by atoms with E-state index in [4.69, 9.17) is 23.2 Å². The molecule has 10 heavy (non-hydrogen) atoms. The number of hydrogen-bond donors (Lipinski definition) is 0. The Labute approximate surface area is 67.8 Å². The molecule has 1 aromatic heterocycles. The normalized spacial score (nSPS) is 9.90. The second-order valence-electron chi connectivity index (χ2n) is 1.69. The second kappa shape index (κ2) is 3.17. The maximum absolute atomic E-state index is 12.5. The van der Waals surface area contributed by atoms with Gasteiger partial charge in [0.2, 0.25) is 0 Å². The van der Waals surface area contributed by atoms with Crippen LogP contribution in [0.15, 0.2) is 12.3 Å². The summed E-state index contributed by atoms with van der Waals surface area (Å²) in [7, 11) is 0. The van der Waals surface area contributed by atoms with E-state index < -0.39 is 5.82 Å². The van der Waals surface area contributed by atoms with E-state index in [2.05, 4.69) is 4.98 Å². The first-order valence-corrected chi connectivity index (χ1v) is 3.52. The van der Waals surface area contributed by atoms with Crippen molar-refractivity contribution < 1.29 is 4.39 Å². The number of alkyl halides is 1. The van der Waals surface area contributed by atoms with E-state index in [9.17, 15) is 4.39 Å². The largest absolute Gasteiger partial charge is 0.258 e. The third kappa shape index (κ3) is 1.39. The van der Waals surface area contributed by atoms with Crippen molar-refractivity contribution in [1.82, 2.24) is 4.98 Å². The van der Waals surface area contributed by atoms with Crippen LogP contribution in [0.2, 0.25) is 5.02 Å². The van der Waals surface area contributed by atoms with Crippen LogP contribution in [0.3, 0.4) is 0 Å². The van der Waals surface area contributed by atoms with Crippen molar-refractivity contribution in [2.24, 2.45) is 0 Å². The smallest absolute Gasteiger partial charge is 0.145 e. The molecule has 1 heterocycles. The summed E-state index contributed by atoms with van der Waals surface area (Å²) in [5.41, 5.74) is 0.378. The van der Waals surface area contributed by atoms with Gasteiger partial charge in [0.05, 0.1) is 16.6 Å². The average Bonchev–Trinajstić information content (AvgIpc) is 1.95. The lowest BCUT2D eigenvalue weighted by molar-refractivity contribution is 0.624. The van der Waals surface area contributed by atoms with Crippen molar-refractivity contribution in [3.05, 3.63) is 28.8 Å². The Hall–Kier alpha value is -0.340. The highest BCUT2D eigenvalue weighted by atomic mass is 35.5.